The second-order valence-electron chi connectivity index (χ2n) is 6.49. The molecule has 1 aromatic heterocycles. The number of rotatable bonds is 6. The smallest absolute Gasteiger partial charge is 0.308 e. The lowest BCUT2D eigenvalue weighted by molar-refractivity contribution is -0.162. The van der Waals surface area contributed by atoms with E-state index in [1.54, 1.807) is 13.0 Å². The molecule has 0 aliphatic carbocycles. The van der Waals surface area contributed by atoms with Crippen molar-refractivity contribution in [2.75, 3.05) is 6.54 Å². The number of furan rings is 1. The highest BCUT2D eigenvalue weighted by molar-refractivity contribution is 5.91. The highest BCUT2D eigenvalue weighted by Crippen LogP contribution is 2.23. The monoisotopic (exact) mass is 350 g/mol. The lowest BCUT2D eigenvalue weighted by Crippen LogP contribution is -2.51. The highest BCUT2D eigenvalue weighted by Gasteiger charge is 2.33. The van der Waals surface area contributed by atoms with Crippen LogP contribution in [0.2, 0.25) is 0 Å². The Labute approximate surface area is 147 Å². The zero-order valence-electron chi connectivity index (χ0n) is 15.0. The van der Waals surface area contributed by atoms with Gasteiger partial charge in [0.05, 0.1) is 12.7 Å². The van der Waals surface area contributed by atoms with Gasteiger partial charge in [0.1, 0.15) is 0 Å². The van der Waals surface area contributed by atoms with Crippen LogP contribution in [0.1, 0.15) is 57.0 Å². The van der Waals surface area contributed by atoms with Crippen molar-refractivity contribution >= 4 is 17.8 Å². The molecule has 7 nitrogen and oxygen atoms in total. The molecule has 0 saturated carbocycles. The summed E-state index contributed by atoms with van der Waals surface area (Å²) in [7, 11) is 0. The molecule has 7 heteroatoms. The van der Waals surface area contributed by atoms with E-state index in [0.717, 1.165) is 19.3 Å². The summed E-state index contributed by atoms with van der Waals surface area (Å²) in [6.45, 7) is 5.75. The predicted octanol–water partition coefficient (Wildman–Crippen LogP) is 2.12. The Kier molecular flexibility index (Phi) is 6.61. The van der Waals surface area contributed by atoms with Crippen LogP contribution in [-0.4, -0.2) is 47.4 Å². The second kappa shape index (κ2) is 8.69. The van der Waals surface area contributed by atoms with Crippen LogP contribution in [0.25, 0.3) is 0 Å². The van der Waals surface area contributed by atoms with Crippen molar-refractivity contribution in [2.24, 2.45) is 0 Å². The maximum atomic E-state index is 12.6. The van der Waals surface area contributed by atoms with Gasteiger partial charge in [0.25, 0.3) is 11.8 Å². The van der Waals surface area contributed by atoms with E-state index in [9.17, 15) is 14.4 Å². The zero-order chi connectivity index (χ0) is 18.4. The van der Waals surface area contributed by atoms with Gasteiger partial charge in [0, 0.05) is 18.6 Å². The molecule has 1 saturated heterocycles. The molecule has 2 heterocycles. The third kappa shape index (κ3) is 5.08. The molecular weight excluding hydrogens is 324 g/mol. The molecule has 1 aliphatic rings. The normalized spacial score (nSPS) is 21.5. The lowest BCUT2D eigenvalue weighted by atomic mass is 9.97. The SMILES string of the molecule is C[C@@H]1CCC[C@@H](C)N1C(=O)[C@@H](C)OC(=O)CCNC(=O)c1ccco1. The summed E-state index contributed by atoms with van der Waals surface area (Å²) in [4.78, 5) is 38.0. The average molecular weight is 350 g/mol. The second-order valence-corrected chi connectivity index (χ2v) is 6.49. The van der Waals surface area contributed by atoms with E-state index in [1.807, 2.05) is 18.7 Å². The fraction of sp³-hybridized carbons (Fsp3) is 0.611. The van der Waals surface area contributed by atoms with Crippen LogP contribution in [0.15, 0.2) is 22.8 Å². The van der Waals surface area contributed by atoms with Gasteiger partial charge in [-0.2, -0.15) is 0 Å². The molecule has 1 N–H and O–H groups in total. The zero-order valence-corrected chi connectivity index (χ0v) is 15.0. The van der Waals surface area contributed by atoms with E-state index >= 15 is 0 Å². The molecule has 2 amide bonds. The number of hydrogen-bond acceptors (Lipinski definition) is 5. The molecule has 0 bridgehead atoms. The maximum Gasteiger partial charge on any atom is 0.308 e. The summed E-state index contributed by atoms with van der Waals surface area (Å²) in [5.74, 6) is -0.881. The average Bonchev–Trinajstić information content (AvgIpc) is 3.08. The van der Waals surface area contributed by atoms with Gasteiger partial charge in [0.15, 0.2) is 11.9 Å². The van der Waals surface area contributed by atoms with Gasteiger partial charge in [-0.05, 0) is 52.2 Å². The predicted molar refractivity (Wildman–Crippen MR) is 90.8 cm³/mol. The highest BCUT2D eigenvalue weighted by atomic mass is 16.5. The van der Waals surface area contributed by atoms with Crippen molar-refractivity contribution < 1.29 is 23.5 Å². The minimum absolute atomic E-state index is 0.00479. The van der Waals surface area contributed by atoms with Gasteiger partial charge in [-0.15, -0.1) is 0 Å². The summed E-state index contributed by atoms with van der Waals surface area (Å²) in [6, 6.07) is 3.46. The van der Waals surface area contributed by atoms with Gasteiger partial charge >= 0.3 is 5.97 Å². The number of amides is 2. The Morgan fingerprint density at radius 3 is 2.60 bits per heavy atom. The summed E-state index contributed by atoms with van der Waals surface area (Å²) in [6.07, 6.45) is 3.62. The van der Waals surface area contributed by atoms with Crippen LogP contribution in [0.5, 0.6) is 0 Å². The first-order valence-electron chi connectivity index (χ1n) is 8.73. The Balaban J connectivity index is 1.75. The molecule has 0 unspecified atom stereocenters. The fourth-order valence-electron chi connectivity index (χ4n) is 3.15. The van der Waals surface area contributed by atoms with E-state index in [0.29, 0.717) is 0 Å². The van der Waals surface area contributed by atoms with Crippen molar-refractivity contribution in [3.63, 3.8) is 0 Å². The van der Waals surface area contributed by atoms with E-state index in [2.05, 4.69) is 5.32 Å². The topological polar surface area (TPSA) is 88.9 Å². The van der Waals surface area contributed by atoms with Crippen molar-refractivity contribution in [1.82, 2.24) is 10.2 Å². The number of esters is 1. The first-order chi connectivity index (χ1) is 11.9. The van der Waals surface area contributed by atoms with Crippen LogP contribution in [0.4, 0.5) is 0 Å². The minimum atomic E-state index is -0.823. The molecule has 25 heavy (non-hydrogen) atoms. The largest absolute Gasteiger partial charge is 0.459 e. The summed E-state index contributed by atoms with van der Waals surface area (Å²) in [5.41, 5.74) is 0. The van der Waals surface area contributed by atoms with Crippen LogP contribution < -0.4 is 5.32 Å². The molecule has 0 aromatic carbocycles. The third-order valence-corrected chi connectivity index (χ3v) is 4.46. The number of ether oxygens (including phenoxy) is 1. The number of nitrogens with one attached hydrogen (secondary N) is 1. The molecule has 1 fully saturated rings. The number of hydrogen-bond donors (Lipinski definition) is 1. The third-order valence-electron chi connectivity index (χ3n) is 4.46. The summed E-state index contributed by atoms with van der Waals surface area (Å²) in [5, 5.41) is 2.57. The maximum absolute atomic E-state index is 12.6. The number of carbonyl (C=O) groups is 3. The van der Waals surface area contributed by atoms with E-state index in [1.165, 1.54) is 12.3 Å². The van der Waals surface area contributed by atoms with Crippen LogP contribution in [-0.2, 0) is 14.3 Å². The molecule has 3 atom stereocenters. The number of nitrogens with zero attached hydrogens (tertiary/aromatic N) is 1. The standard InChI is InChI=1S/C18H26N2O5/c1-12-6-4-7-13(2)20(12)18(23)14(3)25-16(21)9-10-19-17(22)15-8-5-11-24-15/h5,8,11-14H,4,6-7,9-10H2,1-3H3,(H,19,22)/t12-,13-,14-/m1/s1. The molecule has 0 spiro atoms. The van der Waals surface area contributed by atoms with Crippen LogP contribution in [0.3, 0.4) is 0 Å². The van der Waals surface area contributed by atoms with Crippen molar-refractivity contribution in [3.05, 3.63) is 24.2 Å². The van der Waals surface area contributed by atoms with Crippen LogP contribution in [0, 0.1) is 0 Å². The fourth-order valence-corrected chi connectivity index (χ4v) is 3.15. The molecule has 0 radical (unpaired) electrons. The number of carbonyl (C=O) groups excluding carboxylic acids is 3. The van der Waals surface area contributed by atoms with Crippen LogP contribution >= 0.6 is 0 Å². The van der Waals surface area contributed by atoms with E-state index in [-0.39, 0.29) is 36.7 Å². The molecule has 1 aliphatic heterocycles. The molecule has 138 valence electrons. The number of likely N-dealkylation sites (tertiary alicyclic amines) is 1. The Hall–Kier alpha value is -2.31. The molecular formula is C18H26N2O5. The van der Waals surface area contributed by atoms with Crippen molar-refractivity contribution in [1.29, 1.82) is 0 Å². The number of piperidine rings is 1. The minimum Gasteiger partial charge on any atom is -0.459 e. The Morgan fingerprint density at radius 2 is 2.00 bits per heavy atom. The Bertz CT molecular complexity index is 589. The lowest BCUT2D eigenvalue weighted by Gasteiger charge is -2.40. The molecule has 1 aromatic rings. The van der Waals surface area contributed by atoms with Gasteiger partial charge in [-0.1, -0.05) is 0 Å². The summed E-state index contributed by atoms with van der Waals surface area (Å²) >= 11 is 0. The van der Waals surface area contributed by atoms with Gasteiger partial charge in [-0.25, -0.2) is 0 Å². The van der Waals surface area contributed by atoms with Crippen molar-refractivity contribution in [2.45, 2.75) is 64.6 Å². The quantitative estimate of drug-likeness (QED) is 0.794. The van der Waals surface area contributed by atoms with Gasteiger partial charge < -0.3 is 19.4 Å². The first kappa shape index (κ1) is 19.0. The summed E-state index contributed by atoms with van der Waals surface area (Å²) < 4.78 is 10.2. The van der Waals surface area contributed by atoms with Gasteiger partial charge in [0.2, 0.25) is 0 Å². The van der Waals surface area contributed by atoms with Gasteiger partial charge in [-0.3, -0.25) is 14.4 Å². The Morgan fingerprint density at radius 1 is 1.32 bits per heavy atom. The molecule has 2 rings (SSSR count). The van der Waals surface area contributed by atoms with Crippen molar-refractivity contribution in [3.8, 4) is 0 Å². The van der Waals surface area contributed by atoms with E-state index in [4.69, 9.17) is 9.15 Å². The first-order valence-corrected chi connectivity index (χ1v) is 8.73. The van der Waals surface area contributed by atoms with E-state index < -0.39 is 18.0 Å².